The largest absolute Gasteiger partial charge is 0.483 e. The average molecular weight is 341 g/mol. The molecule has 0 aliphatic heterocycles. The topological polar surface area (TPSA) is 56.5 Å². The van der Waals surface area contributed by atoms with Crippen molar-refractivity contribution in [2.45, 2.75) is 13.0 Å². The van der Waals surface area contributed by atoms with Gasteiger partial charge in [-0.1, -0.05) is 23.5 Å². The van der Waals surface area contributed by atoms with E-state index in [1.807, 2.05) is 13.0 Å². The molecule has 0 amide bonds. The molecule has 5 nitrogen and oxygen atoms in total. The molecule has 4 rings (SSSR count). The maximum atomic E-state index is 13.0. The van der Waals surface area contributed by atoms with Crippen molar-refractivity contribution in [2.75, 3.05) is 0 Å². The fraction of sp³-hybridized carbons (Fsp3) is 0.118. The van der Waals surface area contributed by atoms with E-state index in [0.717, 1.165) is 0 Å². The van der Waals surface area contributed by atoms with Gasteiger partial charge in [0.25, 0.3) is 5.56 Å². The Morgan fingerprint density at radius 3 is 2.71 bits per heavy atom. The molecule has 7 heteroatoms. The fourth-order valence-corrected chi connectivity index (χ4v) is 3.28. The van der Waals surface area contributed by atoms with Crippen LogP contribution in [0.4, 0.5) is 4.39 Å². The molecule has 2 aromatic carbocycles. The number of halogens is 1. The molecule has 0 unspecified atom stereocenters. The number of aromatic nitrogens is 3. The maximum Gasteiger partial charge on any atom is 0.283 e. The van der Waals surface area contributed by atoms with E-state index in [-0.39, 0.29) is 17.5 Å². The van der Waals surface area contributed by atoms with Gasteiger partial charge in [-0.2, -0.15) is 9.61 Å². The highest BCUT2D eigenvalue weighted by atomic mass is 32.1. The minimum absolute atomic E-state index is 0.202. The van der Waals surface area contributed by atoms with Crippen LogP contribution >= 0.6 is 11.3 Å². The summed E-state index contributed by atoms with van der Waals surface area (Å²) in [7, 11) is 0. The SMILES string of the molecule is C[C@H](Oc1ccc(F)cc1)c1nn2c(=O)c3ccccc3nc2s1. The lowest BCUT2D eigenvalue weighted by Crippen LogP contribution is -2.15. The van der Waals surface area contributed by atoms with E-state index in [1.165, 1.54) is 28.0 Å². The van der Waals surface area contributed by atoms with Gasteiger partial charge >= 0.3 is 0 Å². The van der Waals surface area contributed by atoms with Crippen LogP contribution in [0.2, 0.25) is 0 Å². The predicted molar refractivity (Wildman–Crippen MR) is 90.1 cm³/mol. The number of hydrogen-bond acceptors (Lipinski definition) is 5. The van der Waals surface area contributed by atoms with Crippen LogP contribution in [0.1, 0.15) is 18.0 Å². The van der Waals surface area contributed by atoms with Gasteiger partial charge in [-0.15, -0.1) is 0 Å². The Hall–Kier alpha value is -2.80. The highest BCUT2D eigenvalue weighted by Gasteiger charge is 2.16. The van der Waals surface area contributed by atoms with Crippen LogP contribution in [-0.2, 0) is 0 Å². The predicted octanol–water partition coefficient (Wildman–Crippen LogP) is 3.58. The molecule has 24 heavy (non-hydrogen) atoms. The van der Waals surface area contributed by atoms with E-state index in [4.69, 9.17) is 4.74 Å². The number of hydrogen-bond donors (Lipinski definition) is 0. The fourth-order valence-electron chi connectivity index (χ4n) is 2.40. The van der Waals surface area contributed by atoms with Crippen molar-refractivity contribution in [1.82, 2.24) is 14.6 Å². The lowest BCUT2D eigenvalue weighted by Gasteiger charge is -2.11. The summed E-state index contributed by atoms with van der Waals surface area (Å²) in [6.07, 6.45) is -0.385. The molecular weight excluding hydrogens is 329 g/mol. The Labute approximate surface area is 140 Å². The van der Waals surface area contributed by atoms with Gasteiger partial charge in [0.1, 0.15) is 17.7 Å². The molecule has 0 saturated heterocycles. The molecule has 0 spiro atoms. The van der Waals surface area contributed by atoms with Gasteiger partial charge in [0.2, 0.25) is 4.96 Å². The molecule has 0 aliphatic carbocycles. The molecule has 0 radical (unpaired) electrons. The van der Waals surface area contributed by atoms with Gasteiger partial charge < -0.3 is 4.74 Å². The van der Waals surface area contributed by atoms with Gasteiger partial charge in [-0.3, -0.25) is 4.79 Å². The lowest BCUT2D eigenvalue weighted by molar-refractivity contribution is 0.224. The van der Waals surface area contributed by atoms with Crippen molar-refractivity contribution >= 4 is 27.2 Å². The number of nitrogens with zero attached hydrogens (tertiary/aromatic N) is 3. The van der Waals surface area contributed by atoms with Gasteiger partial charge in [0, 0.05) is 0 Å². The van der Waals surface area contributed by atoms with Crippen LogP contribution in [0.25, 0.3) is 15.9 Å². The van der Waals surface area contributed by atoms with Crippen molar-refractivity contribution in [2.24, 2.45) is 0 Å². The van der Waals surface area contributed by atoms with Crippen LogP contribution in [0.5, 0.6) is 5.75 Å². The molecule has 0 fully saturated rings. The quantitative estimate of drug-likeness (QED) is 0.571. The normalized spacial score (nSPS) is 12.6. The van der Waals surface area contributed by atoms with Crippen molar-refractivity contribution in [3.63, 3.8) is 0 Å². The molecule has 0 bridgehead atoms. The Morgan fingerprint density at radius 2 is 1.92 bits per heavy atom. The highest BCUT2D eigenvalue weighted by Crippen LogP contribution is 2.25. The zero-order valence-electron chi connectivity index (χ0n) is 12.6. The second kappa shape index (κ2) is 5.68. The summed E-state index contributed by atoms with van der Waals surface area (Å²) < 4.78 is 20.0. The van der Waals surface area contributed by atoms with Crippen LogP contribution in [0, 0.1) is 5.82 Å². The molecule has 120 valence electrons. The van der Waals surface area contributed by atoms with E-state index < -0.39 is 0 Å². The summed E-state index contributed by atoms with van der Waals surface area (Å²) in [5.74, 6) is 0.214. The zero-order valence-corrected chi connectivity index (χ0v) is 13.5. The minimum Gasteiger partial charge on any atom is -0.483 e. The van der Waals surface area contributed by atoms with Gasteiger partial charge in [0.05, 0.1) is 10.9 Å². The molecular formula is C17H12FN3O2S. The third-order valence-corrected chi connectivity index (χ3v) is 4.66. The second-order valence-electron chi connectivity index (χ2n) is 5.28. The molecule has 2 heterocycles. The van der Waals surface area contributed by atoms with Crippen molar-refractivity contribution in [1.29, 1.82) is 0 Å². The summed E-state index contributed by atoms with van der Waals surface area (Å²) in [4.78, 5) is 17.5. The van der Waals surface area contributed by atoms with Crippen molar-refractivity contribution in [3.8, 4) is 5.75 Å². The minimum atomic E-state index is -0.385. The summed E-state index contributed by atoms with van der Waals surface area (Å²) in [6, 6.07) is 12.9. The monoisotopic (exact) mass is 341 g/mol. The summed E-state index contributed by atoms with van der Waals surface area (Å²) in [5.41, 5.74) is 0.442. The first kappa shape index (κ1) is 14.8. The maximum absolute atomic E-state index is 13.0. The van der Waals surface area contributed by atoms with Crippen molar-refractivity contribution in [3.05, 3.63) is 69.7 Å². The molecule has 2 aromatic heterocycles. The lowest BCUT2D eigenvalue weighted by atomic mass is 10.2. The Kier molecular flexibility index (Phi) is 3.50. The van der Waals surface area contributed by atoms with E-state index in [0.29, 0.717) is 26.6 Å². The van der Waals surface area contributed by atoms with Gasteiger partial charge in [0.15, 0.2) is 5.01 Å². The Balaban J connectivity index is 1.74. The summed E-state index contributed by atoms with van der Waals surface area (Å²) in [5, 5.41) is 5.49. The first-order chi connectivity index (χ1) is 11.6. The number of para-hydroxylation sites is 1. The Morgan fingerprint density at radius 1 is 1.17 bits per heavy atom. The Bertz CT molecular complexity index is 1090. The van der Waals surface area contributed by atoms with Gasteiger partial charge in [-0.25, -0.2) is 9.37 Å². The van der Waals surface area contributed by atoms with E-state index in [2.05, 4.69) is 10.1 Å². The number of fused-ring (bicyclic) bond motifs is 2. The first-order valence-electron chi connectivity index (χ1n) is 7.32. The van der Waals surface area contributed by atoms with E-state index in [9.17, 15) is 9.18 Å². The van der Waals surface area contributed by atoms with Crippen LogP contribution in [-0.4, -0.2) is 14.6 Å². The number of benzene rings is 2. The number of rotatable bonds is 3. The second-order valence-corrected chi connectivity index (χ2v) is 6.27. The standard InChI is InChI=1S/C17H12FN3O2S/c1-10(23-12-8-6-11(18)7-9-12)15-20-21-16(22)13-4-2-3-5-14(13)19-17(21)24-15/h2-10H,1H3/t10-/m0/s1. The molecule has 0 saturated carbocycles. The number of ether oxygens (including phenoxy) is 1. The van der Waals surface area contributed by atoms with Crippen molar-refractivity contribution < 1.29 is 9.13 Å². The highest BCUT2D eigenvalue weighted by molar-refractivity contribution is 7.16. The van der Waals surface area contributed by atoms with Gasteiger partial charge in [-0.05, 0) is 43.3 Å². The average Bonchev–Trinajstić information content (AvgIpc) is 3.02. The third kappa shape index (κ3) is 2.52. The first-order valence-corrected chi connectivity index (χ1v) is 8.14. The molecule has 1 atom stereocenters. The van der Waals surface area contributed by atoms with E-state index in [1.54, 1.807) is 30.3 Å². The smallest absolute Gasteiger partial charge is 0.283 e. The summed E-state index contributed by atoms with van der Waals surface area (Å²) >= 11 is 1.30. The van der Waals surface area contributed by atoms with Crippen LogP contribution < -0.4 is 10.3 Å². The van der Waals surface area contributed by atoms with Crippen LogP contribution in [0.3, 0.4) is 0 Å². The van der Waals surface area contributed by atoms with E-state index >= 15 is 0 Å². The summed E-state index contributed by atoms with van der Waals surface area (Å²) in [6.45, 7) is 1.83. The van der Waals surface area contributed by atoms with Crippen LogP contribution in [0.15, 0.2) is 53.3 Å². The molecule has 4 aromatic rings. The molecule has 0 aliphatic rings. The zero-order chi connectivity index (χ0) is 16.7. The third-order valence-electron chi connectivity index (χ3n) is 3.59. The molecule has 0 N–H and O–H groups in total.